The average Bonchev–Trinajstić information content (AvgIpc) is 2.62. The molecule has 2 N–H and O–H groups in total. The third kappa shape index (κ3) is 2.63. The minimum absolute atomic E-state index is 0.446. The summed E-state index contributed by atoms with van der Waals surface area (Å²) in [5.74, 6) is 0.518. The molecular weight excluding hydrogens is 324 g/mol. The fourth-order valence-corrected chi connectivity index (χ4v) is 2.69. The van der Waals surface area contributed by atoms with E-state index in [1.54, 1.807) is 42.5 Å². The van der Waals surface area contributed by atoms with Crippen LogP contribution in [0.5, 0.6) is 17.2 Å². The highest BCUT2D eigenvalue weighted by molar-refractivity contribution is 6.19. The lowest BCUT2D eigenvalue weighted by Crippen LogP contribution is -2.56. The summed E-state index contributed by atoms with van der Waals surface area (Å²) in [6, 6.07) is 12.0. The van der Waals surface area contributed by atoms with Gasteiger partial charge in [-0.05, 0) is 31.2 Å². The van der Waals surface area contributed by atoms with Crippen molar-refractivity contribution in [1.82, 2.24) is 0 Å². The van der Waals surface area contributed by atoms with E-state index in [0.717, 1.165) is 0 Å². The lowest BCUT2D eigenvalue weighted by atomic mass is 10.0. The first-order chi connectivity index (χ1) is 12.1. The summed E-state index contributed by atoms with van der Waals surface area (Å²) in [5.41, 5.74) is -0.649. The van der Waals surface area contributed by atoms with Crippen molar-refractivity contribution in [1.29, 1.82) is 0 Å². The quantitative estimate of drug-likeness (QED) is 0.819. The number of rotatable bonds is 2. The first-order valence-corrected chi connectivity index (χ1v) is 7.87. The molecule has 0 aromatic heterocycles. The third-order valence-corrected chi connectivity index (χ3v) is 4.12. The van der Waals surface area contributed by atoms with E-state index < -0.39 is 17.4 Å². The van der Waals surface area contributed by atoms with Crippen molar-refractivity contribution >= 4 is 23.2 Å². The fourth-order valence-electron chi connectivity index (χ4n) is 2.69. The fraction of sp³-hybridized carbons (Fsp3) is 0.222. The number of carbonyl (C=O) groups excluding carboxylic acids is 2. The van der Waals surface area contributed by atoms with Crippen molar-refractivity contribution < 1.29 is 23.8 Å². The van der Waals surface area contributed by atoms with Crippen LogP contribution in [0.15, 0.2) is 42.5 Å². The van der Waals surface area contributed by atoms with Crippen LogP contribution in [0.1, 0.15) is 6.92 Å². The second kappa shape index (κ2) is 5.70. The van der Waals surface area contributed by atoms with Gasteiger partial charge in [0.25, 0.3) is 17.4 Å². The molecule has 25 heavy (non-hydrogen) atoms. The minimum atomic E-state index is -1.68. The van der Waals surface area contributed by atoms with E-state index in [9.17, 15) is 9.59 Å². The summed E-state index contributed by atoms with van der Waals surface area (Å²) >= 11 is 0. The zero-order valence-corrected chi connectivity index (χ0v) is 13.5. The third-order valence-electron chi connectivity index (χ3n) is 4.12. The van der Waals surface area contributed by atoms with Crippen LogP contribution in [0.4, 0.5) is 11.4 Å². The average molecular weight is 340 g/mol. The number of carbonyl (C=O) groups is 2. The van der Waals surface area contributed by atoms with E-state index in [2.05, 4.69) is 10.6 Å². The van der Waals surface area contributed by atoms with Gasteiger partial charge in [0.2, 0.25) is 0 Å². The molecule has 7 nitrogen and oxygen atoms in total. The summed E-state index contributed by atoms with van der Waals surface area (Å²) in [4.78, 5) is 25.1. The molecule has 2 aliphatic rings. The Hall–Kier alpha value is -3.22. The summed E-state index contributed by atoms with van der Waals surface area (Å²) in [5, 5.41) is 5.40. The van der Waals surface area contributed by atoms with Gasteiger partial charge in [-0.15, -0.1) is 0 Å². The predicted molar refractivity (Wildman–Crippen MR) is 90.2 cm³/mol. The molecule has 128 valence electrons. The molecule has 2 aromatic carbocycles. The summed E-state index contributed by atoms with van der Waals surface area (Å²) < 4.78 is 16.6. The molecular formula is C18H16N2O5. The van der Waals surface area contributed by atoms with Crippen LogP contribution in [-0.2, 0) is 9.59 Å². The summed E-state index contributed by atoms with van der Waals surface area (Å²) in [6.45, 7) is 2.38. The molecule has 0 fully saturated rings. The molecule has 7 heteroatoms. The molecule has 0 aliphatic carbocycles. The number of fused-ring (bicyclic) bond motifs is 2. The van der Waals surface area contributed by atoms with E-state index >= 15 is 0 Å². The Morgan fingerprint density at radius 3 is 2.68 bits per heavy atom. The molecule has 2 aliphatic heterocycles. The highest BCUT2D eigenvalue weighted by Crippen LogP contribution is 2.35. The maximum atomic E-state index is 12.7. The van der Waals surface area contributed by atoms with Gasteiger partial charge in [0.15, 0.2) is 11.5 Å². The van der Waals surface area contributed by atoms with Gasteiger partial charge in [-0.3, -0.25) is 9.59 Å². The first kappa shape index (κ1) is 15.3. The Kier molecular flexibility index (Phi) is 3.49. The highest BCUT2D eigenvalue weighted by atomic mass is 16.6. The lowest BCUT2D eigenvalue weighted by molar-refractivity contribution is -0.143. The van der Waals surface area contributed by atoms with Crippen LogP contribution in [0.3, 0.4) is 0 Å². The van der Waals surface area contributed by atoms with Crippen LogP contribution < -0.4 is 24.8 Å². The smallest absolute Gasteiger partial charge is 0.278 e. The van der Waals surface area contributed by atoms with E-state index in [-0.39, 0.29) is 0 Å². The second-order valence-electron chi connectivity index (χ2n) is 5.90. The van der Waals surface area contributed by atoms with Gasteiger partial charge in [0.1, 0.15) is 19.0 Å². The number of hydrogen-bond donors (Lipinski definition) is 2. The summed E-state index contributed by atoms with van der Waals surface area (Å²) in [7, 11) is 0. The van der Waals surface area contributed by atoms with E-state index in [1.165, 1.54) is 6.92 Å². The maximum Gasteiger partial charge on any atom is 0.278 e. The molecule has 0 spiro atoms. The molecule has 0 saturated carbocycles. The van der Waals surface area contributed by atoms with Crippen LogP contribution in [-0.4, -0.2) is 30.6 Å². The predicted octanol–water partition coefficient (Wildman–Crippen LogP) is 2.19. The Morgan fingerprint density at radius 2 is 1.84 bits per heavy atom. The monoisotopic (exact) mass is 340 g/mol. The number of para-hydroxylation sites is 2. The van der Waals surface area contributed by atoms with Crippen LogP contribution in [0.25, 0.3) is 0 Å². The Labute approximate surface area is 143 Å². The van der Waals surface area contributed by atoms with Crippen molar-refractivity contribution in [3.63, 3.8) is 0 Å². The van der Waals surface area contributed by atoms with E-state index in [1.807, 2.05) is 0 Å². The molecule has 2 heterocycles. The molecule has 0 saturated heterocycles. The SMILES string of the molecule is C[C@]1(C(=O)Nc2ccc3c(c2)OCCO3)Oc2ccccc2NC1=O. The molecule has 0 radical (unpaired) electrons. The Balaban J connectivity index is 1.57. The highest BCUT2D eigenvalue weighted by Gasteiger charge is 2.47. The normalized spacial score (nSPS) is 20.8. The van der Waals surface area contributed by atoms with Crippen molar-refractivity contribution in [2.75, 3.05) is 23.8 Å². The largest absolute Gasteiger partial charge is 0.486 e. The zero-order chi connectivity index (χ0) is 17.4. The molecule has 0 bridgehead atoms. The van der Waals surface area contributed by atoms with E-state index in [0.29, 0.717) is 41.8 Å². The number of nitrogens with one attached hydrogen (secondary N) is 2. The van der Waals surface area contributed by atoms with Crippen molar-refractivity contribution in [3.8, 4) is 17.2 Å². The van der Waals surface area contributed by atoms with Crippen molar-refractivity contribution in [2.24, 2.45) is 0 Å². The van der Waals surface area contributed by atoms with Gasteiger partial charge < -0.3 is 24.8 Å². The lowest BCUT2D eigenvalue weighted by Gasteiger charge is -2.33. The second-order valence-corrected chi connectivity index (χ2v) is 5.90. The van der Waals surface area contributed by atoms with Crippen LogP contribution >= 0.6 is 0 Å². The molecule has 0 unspecified atom stereocenters. The minimum Gasteiger partial charge on any atom is -0.486 e. The van der Waals surface area contributed by atoms with Gasteiger partial charge in [-0.2, -0.15) is 0 Å². The van der Waals surface area contributed by atoms with Crippen LogP contribution in [0, 0.1) is 0 Å². The van der Waals surface area contributed by atoms with Crippen molar-refractivity contribution in [3.05, 3.63) is 42.5 Å². The number of anilines is 2. The van der Waals surface area contributed by atoms with Crippen molar-refractivity contribution in [2.45, 2.75) is 12.5 Å². The first-order valence-electron chi connectivity index (χ1n) is 7.87. The standard InChI is InChI=1S/C18H16N2O5/c1-18(17(22)20-12-4-2-3-5-13(12)25-18)16(21)19-11-6-7-14-15(10-11)24-9-8-23-14/h2-7,10H,8-9H2,1H3,(H,19,21)(H,20,22)/t18-/m1/s1. The molecule has 2 aromatic rings. The summed E-state index contributed by atoms with van der Waals surface area (Å²) in [6.07, 6.45) is 0. The zero-order valence-electron chi connectivity index (χ0n) is 13.5. The van der Waals surface area contributed by atoms with Gasteiger partial charge >= 0.3 is 0 Å². The maximum absolute atomic E-state index is 12.7. The number of ether oxygens (including phenoxy) is 3. The topological polar surface area (TPSA) is 85.9 Å². The van der Waals surface area contributed by atoms with Gasteiger partial charge in [-0.1, -0.05) is 12.1 Å². The molecule has 2 amide bonds. The van der Waals surface area contributed by atoms with Crippen LogP contribution in [0.2, 0.25) is 0 Å². The van der Waals surface area contributed by atoms with Gasteiger partial charge in [0, 0.05) is 11.8 Å². The van der Waals surface area contributed by atoms with E-state index in [4.69, 9.17) is 14.2 Å². The Bertz CT molecular complexity index is 866. The number of benzene rings is 2. The Morgan fingerprint density at radius 1 is 1.08 bits per heavy atom. The number of hydrogen-bond acceptors (Lipinski definition) is 5. The van der Waals surface area contributed by atoms with Gasteiger partial charge in [-0.25, -0.2) is 0 Å². The number of amides is 2. The van der Waals surface area contributed by atoms with Gasteiger partial charge in [0.05, 0.1) is 5.69 Å². The molecule has 4 rings (SSSR count). The molecule has 1 atom stereocenters.